The van der Waals surface area contributed by atoms with Crippen LogP contribution in [-0.4, -0.2) is 21.7 Å². The standard InChI is InChI=1S/C24H15N3O6/c28-22-20-19-15-5-1-3-7-17(15)24(27(32)33,18-8-4-2-6-16(18)19)21(20)23(29)25(22)13-9-11-14(12-10-13)26(30)31/h1-12,19-21H/t19?,20-,21+,24?/m0/s1. The predicted octanol–water partition coefficient (Wildman–Crippen LogP) is 3.38. The molecular weight excluding hydrogens is 426 g/mol. The summed E-state index contributed by atoms with van der Waals surface area (Å²) < 4.78 is 0. The molecule has 3 aromatic rings. The molecule has 1 heterocycles. The Bertz CT molecular complexity index is 1350. The van der Waals surface area contributed by atoms with Crippen LogP contribution in [0.25, 0.3) is 0 Å². The van der Waals surface area contributed by atoms with Crippen molar-refractivity contribution in [1.82, 2.24) is 0 Å². The molecule has 0 N–H and O–H groups in total. The Hall–Kier alpha value is -4.40. The first-order chi connectivity index (χ1) is 15.9. The van der Waals surface area contributed by atoms with Crippen LogP contribution >= 0.6 is 0 Å². The summed E-state index contributed by atoms with van der Waals surface area (Å²) in [6, 6.07) is 19.0. The van der Waals surface area contributed by atoms with Gasteiger partial charge in [0.1, 0.15) is 5.92 Å². The number of benzene rings is 3. The number of hydrogen-bond donors (Lipinski definition) is 0. The lowest BCUT2D eigenvalue weighted by Crippen LogP contribution is -2.57. The summed E-state index contributed by atoms with van der Waals surface area (Å²) in [6.07, 6.45) is 0. The highest BCUT2D eigenvalue weighted by Gasteiger charge is 2.74. The van der Waals surface area contributed by atoms with E-state index in [4.69, 9.17) is 0 Å². The molecule has 0 spiro atoms. The lowest BCUT2D eigenvalue weighted by atomic mass is 9.51. The van der Waals surface area contributed by atoms with Crippen LogP contribution in [-0.2, 0) is 15.1 Å². The summed E-state index contributed by atoms with van der Waals surface area (Å²) >= 11 is 0. The molecule has 9 heteroatoms. The highest BCUT2D eigenvalue weighted by atomic mass is 16.6. The van der Waals surface area contributed by atoms with E-state index in [1.807, 2.05) is 0 Å². The molecule has 4 aliphatic rings. The monoisotopic (exact) mass is 441 g/mol. The van der Waals surface area contributed by atoms with E-state index in [2.05, 4.69) is 0 Å². The SMILES string of the molecule is O=C1[C@H]2C3c4ccccc4C([N+](=O)[O-])(c4ccccc43)[C@H]2C(=O)N1c1ccc([N+](=O)[O-])cc1. The molecular formula is C24H15N3O6. The minimum atomic E-state index is -1.89. The van der Waals surface area contributed by atoms with Crippen molar-refractivity contribution in [3.63, 3.8) is 0 Å². The molecule has 3 aliphatic carbocycles. The lowest BCUT2D eigenvalue weighted by molar-refractivity contribution is -0.578. The van der Waals surface area contributed by atoms with Gasteiger partial charge in [0.25, 0.3) is 11.2 Å². The highest BCUT2D eigenvalue weighted by Crippen LogP contribution is 2.64. The molecule has 0 unspecified atom stereocenters. The van der Waals surface area contributed by atoms with Crippen molar-refractivity contribution in [3.05, 3.63) is 115 Å². The molecule has 0 saturated carbocycles. The highest BCUT2D eigenvalue weighted by molar-refractivity contribution is 6.23. The number of hydrogen-bond acceptors (Lipinski definition) is 6. The number of amides is 2. The van der Waals surface area contributed by atoms with Crippen LogP contribution in [0.4, 0.5) is 11.4 Å². The fourth-order valence-corrected chi connectivity index (χ4v) is 6.02. The van der Waals surface area contributed by atoms with Gasteiger partial charge in [0.2, 0.25) is 11.8 Å². The first-order valence-electron chi connectivity index (χ1n) is 10.3. The Morgan fingerprint density at radius 2 is 1.30 bits per heavy atom. The first kappa shape index (κ1) is 19.3. The van der Waals surface area contributed by atoms with Crippen molar-refractivity contribution in [3.8, 4) is 0 Å². The number of non-ortho nitro benzene ring substituents is 1. The molecule has 0 aromatic heterocycles. The molecule has 1 aliphatic heterocycles. The zero-order chi connectivity index (χ0) is 23.1. The van der Waals surface area contributed by atoms with E-state index in [1.165, 1.54) is 24.3 Å². The van der Waals surface area contributed by atoms with Gasteiger partial charge in [-0.2, -0.15) is 0 Å². The summed E-state index contributed by atoms with van der Waals surface area (Å²) in [6.45, 7) is 0. The maximum atomic E-state index is 13.8. The van der Waals surface area contributed by atoms with Gasteiger partial charge in [-0.3, -0.25) is 29.8 Å². The van der Waals surface area contributed by atoms with Crippen LogP contribution in [0.15, 0.2) is 72.8 Å². The van der Waals surface area contributed by atoms with Crippen molar-refractivity contribution < 1.29 is 19.4 Å². The number of rotatable bonds is 3. The van der Waals surface area contributed by atoms with Crippen molar-refractivity contribution >= 4 is 23.2 Å². The van der Waals surface area contributed by atoms with Gasteiger partial charge in [0.05, 0.1) is 16.5 Å². The number of carbonyl (C=O) groups excluding carboxylic acids is 2. The molecule has 2 atom stereocenters. The van der Waals surface area contributed by atoms with E-state index in [9.17, 15) is 29.8 Å². The Morgan fingerprint density at radius 3 is 1.82 bits per heavy atom. The third-order valence-electron chi connectivity index (χ3n) is 7.18. The summed E-state index contributed by atoms with van der Waals surface area (Å²) in [5.74, 6) is -3.85. The van der Waals surface area contributed by atoms with Gasteiger partial charge in [-0.1, -0.05) is 48.5 Å². The van der Waals surface area contributed by atoms with Crippen molar-refractivity contribution in [2.45, 2.75) is 11.5 Å². The number of nitrogens with zero attached hydrogens (tertiary/aromatic N) is 3. The van der Waals surface area contributed by atoms with Gasteiger partial charge >= 0.3 is 0 Å². The quantitative estimate of drug-likeness (QED) is 0.349. The number of anilines is 1. The second-order valence-corrected chi connectivity index (χ2v) is 8.46. The maximum absolute atomic E-state index is 13.8. The summed E-state index contributed by atoms with van der Waals surface area (Å²) in [5, 5.41) is 23.9. The Balaban J connectivity index is 1.61. The fourth-order valence-electron chi connectivity index (χ4n) is 6.02. The second-order valence-electron chi connectivity index (χ2n) is 8.46. The normalized spacial score (nSPS) is 26.5. The lowest BCUT2D eigenvalue weighted by Gasteiger charge is -2.48. The van der Waals surface area contributed by atoms with Crippen LogP contribution < -0.4 is 4.90 Å². The first-order valence-corrected chi connectivity index (χ1v) is 10.3. The van der Waals surface area contributed by atoms with Gasteiger partial charge < -0.3 is 0 Å². The average molecular weight is 441 g/mol. The minimum Gasteiger partial charge on any atom is -0.274 e. The van der Waals surface area contributed by atoms with Gasteiger partial charge in [0, 0.05) is 34.1 Å². The van der Waals surface area contributed by atoms with E-state index >= 15 is 0 Å². The number of nitro groups is 2. The molecule has 3 aromatic carbocycles. The van der Waals surface area contributed by atoms with Crippen LogP contribution in [0.1, 0.15) is 28.2 Å². The third kappa shape index (κ3) is 2.16. The minimum absolute atomic E-state index is 0.163. The summed E-state index contributed by atoms with van der Waals surface area (Å²) in [5.41, 5.74) is 0.322. The van der Waals surface area contributed by atoms with Crippen molar-refractivity contribution in [2.24, 2.45) is 11.8 Å². The molecule has 7 rings (SSSR count). The Morgan fingerprint density at radius 1 is 0.758 bits per heavy atom. The van der Waals surface area contributed by atoms with E-state index in [-0.39, 0.29) is 11.4 Å². The molecule has 162 valence electrons. The van der Waals surface area contributed by atoms with E-state index in [0.717, 1.165) is 4.90 Å². The third-order valence-corrected chi connectivity index (χ3v) is 7.18. The van der Waals surface area contributed by atoms with Crippen LogP contribution in [0.3, 0.4) is 0 Å². The second kappa shape index (κ2) is 6.32. The average Bonchev–Trinajstić information content (AvgIpc) is 3.09. The molecule has 1 fully saturated rings. The molecule has 2 bridgehead atoms. The fraction of sp³-hybridized carbons (Fsp3) is 0.167. The molecule has 9 nitrogen and oxygen atoms in total. The van der Waals surface area contributed by atoms with Gasteiger partial charge in [-0.05, 0) is 23.3 Å². The van der Waals surface area contributed by atoms with Gasteiger partial charge in [-0.15, -0.1) is 0 Å². The van der Waals surface area contributed by atoms with E-state index < -0.39 is 45.0 Å². The Labute approximate surface area is 186 Å². The van der Waals surface area contributed by atoms with E-state index in [1.54, 1.807) is 48.5 Å². The van der Waals surface area contributed by atoms with Gasteiger partial charge in [-0.25, -0.2) is 4.90 Å². The van der Waals surface area contributed by atoms with E-state index in [0.29, 0.717) is 22.3 Å². The maximum Gasteiger partial charge on any atom is 0.285 e. The molecule has 33 heavy (non-hydrogen) atoms. The topological polar surface area (TPSA) is 124 Å². The van der Waals surface area contributed by atoms with Crippen LogP contribution in [0, 0.1) is 32.1 Å². The number of imide groups is 1. The number of nitro benzene ring substituents is 1. The zero-order valence-corrected chi connectivity index (χ0v) is 17.0. The number of carbonyl (C=O) groups is 2. The van der Waals surface area contributed by atoms with Crippen molar-refractivity contribution in [2.75, 3.05) is 4.90 Å². The van der Waals surface area contributed by atoms with Crippen molar-refractivity contribution in [1.29, 1.82) is 0 Å². The summed E-state index contributed by atoms with van der Waals surface area (Å²) in [4.78, 5) is 51.3. The Kier molecular flexibility index (Phi) is 3.69. The smallest absolute Gasteiger partial charge is 0.274 e. The molecule has 0 radical (unpaired) electrons. The predicted molar refractivity (Wildman–Crippen MR) is 115 cm³/mol. The molecule has 2 amide bonds. The molecule has 1 saturated heterocycles. The van der Waals surface area contributed by atoms with Gasteiger partial charge in [0.15, 0.2) is 0 Å². The van der Waals surface area contributed by atoms with Crippen LogP contribution in [0.5, 0.6) is 0 Å². The summed E-state index contributed by atoms with van der Waals surface area (Å²) in [7, 11) is 0. The van der Waals surface area contributed by atoms with Crippen LogP contribution in [0.2, 0.25) is 0 Å². The zero-order valence-electron chi connectivity index (χ0n) is 17.0. The largest absolute Gasteiger partial charge is 0.285 e.